The summed E-state index contributed by atoms with van der Waals surface area (Å²) in [6.45, 7) is 3.99. The van der Waals surface area contributed by atoms with E-state index in [4.69, 9.17) is 4.74 Å². The van der Waals surface area contributed by atoms with Crippen LogP contribution in [0, 0.1) is 5.82 Å². The average molecular weight is 317 g/mol. The highest BCUT2D eigenvalue weighted by Crippen LogP contribution is 2.20. The first-order valence-corrected chi connectivity index (χ1v) is 7.49. The molecular weight excluding hydrogens is 297 g/mol. The fourth-order valence-electron chi connectivity index (χ4n) is 2.25. The summed E-state index contributed by atoms with van der Waals surface area (Å²) < 4.78 is 18.4. The van der Waals surface area contributed by atoms with Crippen LogP contribution in [-0.2, 0) is 0 Å². The number of ether oxygens (including phenoxy) is 1. The molecule has 0 radical (unpaired) electrons. The van der Waals surface area contributed by atoms with E-state index in [-0.39, 0.29) is 11.7 Å². The third-order valence-electron chi connectivity index (χ3n) is 3.48. The highest BCUT2D eigenvalue weighted by atomic mass is 19.1. The summed E-state index contributed by atoms with van der Waals surface area (Å²) in [5.74, 6) is -0.207. The lowest BCUT2D eigenvalue weighted by molar-refractivity contribution is 0.0848. The molecule has 2 aromatic rings. The molecule has 0 bridgehead atoms. The van der Waals surface area contributed by atoms with Gasteiger partial charge in [-0.1, -0.05) is 24.3 Å². The molecule has 0 aromatic heterocycles. The van der Waals surface area contributed by atoms with Gasteiger partial charge in [0.15, 0.2) is 0 Å². The molecule has 5 heteroatoms. The predicted molar refractivity (Wildman–Crippen MR) is 85.9 cm³/mol. The van der Waals surface area contributed by atoms with E-state index in [0.717, 1.165) is 0 Å². The quantitative estimate of drug-likeness (QED) is 0.861. The molecular formula is C18H20FNO3. The average Bonchev–Trinajstić information content (AvgIpc) is 2.55. The van der Waals surface area contributed by atoms with Gasteiger partial charge in [-0.3, -0.25) is 4.79 Å². The Labute approximate surface area is 134 Å². The van der Waals surface area contributed by atoms with Gasteiger partial charge in [-0.15, -0.1) is 0 Å². The zero-order valence-corrected chi connectivity index (χ0v) is 13.1. The maximum Gasteiger partial charge on any atom is 0.255 e. The number of amides is 1. The van der Waals surface area contributed by atoms with Crippen LogP contribution in [0.15, 0.2) is 48.5 Å². The molecule has 0 saturated carbocycles. The zero-order valence-electron chi connectivity index (χ0n) is 13.1. The highest BCUT2D eigenvalue weighted by molar-refractivity contribution is 5.97. The van der Waals surface area contributed by atoms with E-state index in [1.807, 2.05) is 6.92 Å². The molecule has 0 aliphatic carbocycles. The zero-order chi connectivity index (χ0) is 16.8. The van der Waals surface area contributed by atoms with E-state index in [1.165, 1.54) is 24.3 Å². The molecule has 2 atom stereocenters. The van der Waals surface area contributed by atoms with E-state index in [9.17, 15) is 14.3 Å². The second-order valence-corrected chi connectivity index (χ2v) is 5.19. The van der Waals surface area contributed by atoms with Crippen LogP contribution < -0.4 is 10.1 Å². The Balaban J connectivity index is 2.09. The van der Waals surface area contributed by atoms with Gasteiger partial charge in [0.25, 0.3) is 5.91 Å². The summed E-state index contributed by atoms with van der Waals surface area (Å²) in [6.07, 6.45) is -0.932. The summed E-state index contributed by atoms with van der Waals surface area (Å²) in [6, 6.07) is 11.9. The number of carbonyl (C=O) groups excluding carboxylic acids is 1. The summed E-state index contributed by atoms with van der Waals surface area (Å²) in [7, 11) is 0. The largest absolute Gasteiger partial charge is 0.493 e. The number of aliphatic hydroxyl groups excluding tert-OH is 1. The lowest BCUT2D eigenvalue weighted by Gasteiger charge is -2.21. The molecule has 2 unspecified atom stereocenters. The molecule has 1 amide bonds. The van der Waals surface area contributed by atoms with E-state index in [0.29, 0.717) is 23.5 Å². The monoisotopic (exact) mass is 317 g/mol. The van der Waals surface area contributed by atoms with E-state index >= 15 is 0 Å². The number of halogens is 1. The molecule has 0 fully saturated rings. The molecule has 0 heterocycles. The van der Waals surface area contributed by atoms with Crippen molar-refractivity contribution in [1.82, 2.24) is 5.32 Å². The Morgan fingerprint density at radius 1 is 1.22 bits per heavy atom. The molecule has 23 heavy (non-hydrogen) atoms. The Morgan fingerprint density at radius 2 is 1.87 bits per heavy atom. The molecule has 2 aromatic carbocycles. The van der Waals surface area contributed by atoms with E-state index in [2.05, 4.69) is 5.32 Å². The van der Waals surface area contributed by atoms with Crippen LogP contribution in [0.4, 0.5) is 4.39 Å². The topological polar surface area (TPSA) is 58.6 Å². The third-order valence-corrected chi connectivity index (χ3v) is 3.48. The summed E-state index contributed by atoms with van der Waals surface area (Å²) in [5, 5.41) is 13.0. The van der Waals surface area contributed by atoms with Crippen LogP contribution in [-0.4, -0.2) is 23.7 Å². The Hall–Kier alpha value is -2.40. The number of para-hydroxylation sites is 1. The number of nitrogens with one attached hydrogen (secondary N) is 1. The number of aliphatic hydroxyl groups is 1. The van der Waals surface area contributed by atoms with Gasteiger partial charge < -0.3 is 15.2 Å². The van der Waals surface area contributed by atoms with Crippen LogP contribution in [0.2, 0.25) is 0 Å². The van der Waals surface area contributed by atoms with Gasteiger partial charge in [0.2, 0.25) is 0 Å². The van der Waals surface area contributed by atoms with Gasteiger partial charge in [-0.2, -0.15) is 0 Å². The fourth-order valence-corrected chi connectivity index (χ4v) is 2.25. The fraction of sp³-hybridized carbons (Fsp3) is 0.278. The van der Waals surface area contributed by atoms with E-state index < -0.39 is 12.1 Å². The van der Waals surface area contributed by atoms with Crippen molar-refractivity contribution in [3.63, 3.8) is 0 Å². The second kappa shape index (κ2) is 7.74. The van der Waals surface area contributed by atoms with Crippen molar-refractivity contribution in [2.24, 2.45) is 0 Å². The molecule has 4 nitrogen and oxygen atoms in total. The Kier molecular flexibility index (Phi) is 5.71. The van der Waals surface area contributed by atoms with Crippen molar-refractivity contribution in [3.05, 3.63) is 65.5 Å². The molecule has 2 rings (SSSR count). The van der Waals surface area contributed by atoms with Crippen molar-refractivity contribution < 1.29 is 19.0 Å². The van der Waals surface area contributed by atoms with Crippen molar-refractivity contribution >= 4 is 5.91 Å². The number of hydrogen-bond donors (Lipinski definition) is 2. The van der Waals surface area contributed by atoms with Crippen molar-refractivity contribution in [2.45, 2.75) is 26.0 Å². The first-order chi connectivity index (χ1) is 11.0. The first-order valence-electron chi connectivity index (χ1n) is 7.49. The third kappa shape index (κ3) is 4.29. The lowest BCUT2D eigenvalue weighted by atomic mass is 10.0. The molecule has 0 saturated heterocycles. The minimum atomic E-state index is -0.932. The maximum absolute atomic E-state index is 12.9. The number of hydrogen-bond acceptors (Lipinski definition) is 3. The van der Waals surface area contributed by atoms with Crippen LogP contribution in [0.5, 0.6) is 5.75 Å². The smallest absolute Gasteiger partial charge is 0.255 e. The number of carbonyl (C=O) groups is 1. The Morgan fingerprint density at radius 3 is 2.52 bits per heavy atom. The normalized spacial score (nSPS) is 13.2. The first kappa shape index (κ1) is 17.0. The van der Waals surface area contributed by atoms with Gasteiger partial charge in [-0.25, -0.2) is 4.39 Å². The van der Waals surface area contributed by atoms with Crippen molar-refractivity contribution in [1.29, 1.82) is 0 Å². The molecule has 0 aliphatic heterocycles. The van der Waals surface area contributed by atoms with Crippen molar-refractivity contribution in [3.8, 4) is 5.75 Å². The molecule has 122 valence electrons. The second-order valence-electron chi connectivity index (χ2n) is 5.19. The Bertz CT molecular complexity index is 658. The lowest BCUT2D eigenvalue weighted by Crippen LogP contribution is -2.37. The standard InChI is InChI=1S/C18H20FNO3/c1-3-23-16-7-5-4-6-15(16)18(22)20-12(2)17(21)13-8-10-14(19)11-9-13/h4-12,17,21H,3H2,1-2H3,(H,20,22). The van der Waals surface area contributed by atoms with E-state index in [1.54, 1.807) is 31.2 Å². The van der Waals surface area contributed by atoms with Gasteiger partial charge in [-0.05, 0) is 43.7 Å². The minimum Gasteiger partial charge on any atom is -0.493 e. The van der Waals surface area contributed by atoms with Gasteiger partial charge >= 0.3 is 0 Å². The van der Waals surface area contributed by atoms with Gasteiger partial charge in [0.05, 0.1) is 24.3 Å². The number of rotatable bonds is 6. The maximum atomic E-state index is 12.9. The van der Waals surface area contributed by atoms with Crippen LogP contribution in [0.1, 0.15) is 35.9 Å². The highest BCUT2D eigenvalue weighted by Gasteiger charge is 2.20. The summed E-state index contributed by atoms with van der Waals surface area (Å²) >= 11 is 0. The SMILES string of the molecule is CCOc1ccccc1C(=O)NC(C)C(O)c1ccc(F)cc1. The van der Waals surface area contributed by atoms with Crippen LogP contribution >= 0.6 is 0 Å². The summed E-state index contributed by atoms with van der Waals surface area (Å²) in [5.41, 5.74) is 0.949. The molecule has 2 N–H and O–H groups in total. The van der Waals surface area contributed by atoms with Crippen LogP contribution in [0.25, 0.3) is 0 Å². The summed E-state index contributed by atoms with van der Waals surface area (Å²) in [4.78, 5) is 12.4. The molecule has 0 spiro atoms. The number of benzene rings is 2. The van der Waals surface area contributed by atoms with Gasteiger partial charge in [0, 0.05) is 0 Å². The predicted octanol–water partition coefficient (Wildman–Crippen LogP) is 3.08. The minimum absolute atomic E-state index is 0.331. The molecule has 0 aliphatic rings. The van der Waals surface area contributed by atoms with Crippen LogP contribution in [0.3, 0.4) is 0 Å². The van der Waals surface area contributed by atoms with Crippen molar-refractivity contribution in [2.75, 3.05) is 6.61 Å². The van der Waals surface area contributed by atoms with Gasteiger partial charge in [0.1, 0.15) is 11.6 Å².